The first kappa shape index (κ1) is 41.6. The highest BCUT2D eigenvalue weighted by atomic mass is 32.1. The third kappa shape index (κ3) is 7.81. The van der Waals surface area contributed by atoms with Crippen molar-refractivity contribution >= 4 is 34.2 Å². The van der Waals surface area contributed by atoms with Crippen LogP contribution in [0.3, 0.4) is 0 Å². The maximum absolute atomic E-state index is 14.2. The molecule has 0 spiro atoms. The molecule has 62 heavy (non-hydrogen) atoms. The Morgan fingerprint density at radius 2 is 1.81 bits per heavy atom. The highest BCUT2D eigenvalue weighted by Gasteiger charge is 2.57. The van der Waals surface area contributed by atoms with Gasteiger partial charge in [0, 0.05) is 67.3 Å². The zero-order chi connectivity index (χ0) is 43.6. The average Bonchev–Trinajstić information content (AvgIpc) is 3.91. The number of carbonyl (C=O) groups excluding carboxylic acids is 2. The first-order chi connectivity index (χ1) is 29.7. The smallest absolute Gasteiger partial charge is 0.254 e. The van der Waals surface area contributed by atoms with Crippen LogP contribution in [-0.4, -0.2) is 102 Å². The number of aliphatic hydroxyl groups excluding tert-OH is 1. The lowest BCUT2D eigenvalue weighted by Crippen LogP contribution is -2.48. The van der Waals surface area contributed by atoms with Crippen molar-refractivity contribution in [3.8, 4) is 33.3 Å². The van der Waals surface area contributed by atoms with Crippen molar-refractivity contribution in [2.45, 2.75) is 71.1 Å². The number of fused-ring (bicyclic) bond motifs is 2. The van der Waals surface area contributed by atoms with Gasteiger partial charge in [-0.1, -0.05) is 38.1 Å². The van der Waals surface area contributed by atoms with E-state index >= 15 is 0 Å². The maximum atomic E-state index is 14.2. The van der Waals surface area contributed by atoms with Crippen LogP contribution in [0.5, 0.6) is 11.6 Å². The Bertz CT molecular complexity index is 2640. The summed E-state index contributed by atoms with van der Waals surface area (Å²) in [7, 11) is 0. The molecule has 2 aromatic carbocycles. The molecule has 324 valence electrons. The second kappa shape index (κ2) is 16.5. The Morgan fingerprint density at radius 3 is 2.52 bits per heavy atom. The molecule has 9 rings (SSSR count). The number of ether oxygens (including phenoxy) is 1. The fraction of sp³-hybridized carbons (Fsp3) is 0.422. The summed E-state index contributed by atoms with van der Waals surface area (Å²) >= 11 is 1.58. The van der Waals surface area contributed by atoms with Crippen LogP contribution < -0.4 is 10.1 Å². The first-order valence-electron chi connectivity index (χ1n) is 20.9. The fourth-order valence-electron chi connectivity index (χ4n) is 9.47. The molecular weight excluding hydrogens is 819 g/mol. The van der Waals surface area contributed by atoms with E-state index in [4.69, 9.17) is 9.26 Å². The van der Waals surface area contributed by atoms with Crippen LogP contribution in [0.25, 0.3) is 32.7 Å². The number of hydrogen-bond acceptors (Lipinski definition) is 12. The number of piperidine rings is 1. The molecule has 6 heterocycles. The van der Waals surface area contributed by atoms with E-state index in [1.807, 2.05) is 64.4 Å². The summed E-state index contributed by atoms with van der Waals surface area (Å²) in [6.07, 6.45) is -0.709. The highest BCUT2D eigenvalue weighted by Crippen LogP contribution is 2.59. The van der Waals surface area contributed by atoms with Crippen molar-refractivity contribution in [1.82, 2.24) is 40.4 Å². The molecule has 14 nitrogen and oxygen atoms in total. The monoisotopic (exact) mass is 866 g/mol. The zero-order valence-corrected chi connectivity index (χ0v) is 35.7. The number of aromatic hydroxyl groups is 1. The van der Waals surface area contributed by atoms with E-state index in [-0.39, 0.29) is 53.9 Å². The summed E-state index contributed by atoms with van der Waals surface area (Å²) in [5.41, 5.74) is 7.54. The number of amides is 2. The van der Waals surface area contributed by atoms with Crippen LogP contribution >= 0.6 is 11.3 Å². The number of phenols is 1. The van der Waals surface area contributed by atoms with E-state index in [2.05, 4.69) is 35.5 Å². The number of benzene rings is 2. The van der Waals surface area contributed by atoms with Crippen LogP contribution in [-0.2, 0) is 9.59 Å². The maximum Gasteiger partial charge on any atom is 0.254 e. The van der Waals surface area contributed by atoms with Crippen LogP contribution in [0.15, 0.2) is 58.6 Å². The van der Waals surface area contributed by atoms with Gasteiger partial charge in [-0.3, -0.25) is 14.5 Å². The average molecular weight is 867 g/mol. The number of nitrogens with one attached hydrogen (secondary N) is 2. The third-order valence-electron chi connectivity index (χ3n) is 12.8. The summed E-state index contributed by atoms with van der Waals surface area (Å²) in [5, 5.41) is 37.2. The van der Waals surface area contributed by atoms with E-state index in [1.165, 1.54) is 4.90 Å². The molecule has 0 bridgehead atoms. The van der Waals surface area contributed by atoms with Crippen molar-refractivity contribution in [2.24, 2.45) is 17.8 Å². The number of rotatable bonds is 13. The van der Waals surface area contributed by atoms with Crippen molar-refractivity contribution in [2.75, 3.05) is 32.8 Å². The van der Waals surface area contributed by atoms with E-state index in [0.29, 0.717) is 48.4 Å². The van der Waals surface area contributed by atoms with Gasteiger partial charge in [-0.2, -0.15) is 0 Å². The number of thiazole rings is 1. The topological polar surface area (TPSA) is 183 Å². The minimum Gasteiger partial charge on any atom is -0.504 e. The van der Waals surface area contributed by atoms with Crippen molar-refractivity contribution < 1.29 is 37.8 Å². The lowest BCUT2D eigenvalue weighted by Gasteiger charge is -2.29. The number of nitrogens with zero attached hydrogens (tertiary/aromatic N) is 6. The molecule has 4 aromatic heterocycles. The van der Waals surface area contributed by atoms with Gasteiger partial charge in [0.15, 0.2) is 23.0 Å². The molecule has 7 atom stereocenters. The summed E-state index contributed by atoms with van der Waals surface area (Å²) in [4.78, 5) is 40.5. The number of aromatic amines is 1. The largest absolute Gasteiger partial charge is 0.504 e. The number of likely N-dealkylation sites (tertiary alicyclic amines) is 2. The normalized spacial score (nSPS) is 22.0. The Labute approximate surface area is 360 Å². The van der Waals surface area contributed by atoms with Crippen molar-refractivity contribution in [1.29, 1.82) is 0 Å². The minimum absolute atomic E-state index is 0.0345. The quantitative estimate of drug-likeness (QED) is 0.0977. The Balaban J connectivity index is 0.781. The molecule has 2 aliphatic heterocycles. The first-order valence-corrected chi connectivity index (χ1v) is 21.8. The molecule has 1 saturated carbocycles. The molecule has 6 aromatic rings. The standard InChI is InChI=1S/C45H48F2N8O6S/c1-21(2)38(45(59)55-17-28(56)14-35(55)44(58)49-23(4)25-6-8-26(9-7-25)42-24(5)48-20-62-42)36-16-37(53-61-36)60-11-10-54-18-31-32(19-54)39(31)40-22(3)29-15-34(51-52-43(29)50-40)30-12-27(46)13-33(47)41(30)57/h6-9,12-13,15-16,20-21,23,28,31-32,35,38-39,56-57H,10-11,14,17-19H2,1-5H3,(H,49,58)(H,50,52)/t23-,28+,31-,32+,35-,38+,39+/m0/s1. The lowest BCUT2D eigenvalue weighted by molar-refractivity contribution is -0.141. The molecule has 3 aliphatic rings. The number of halogens is 2. The summed E-state index contributed by atoms with van der Waals surface area (Å²) in [6.45, 7) is 12.5. The number of aliphatic hydroxyl groups is 1. The Kier molecular flexibility index (Phi) is 11.1. The fourth-order valence-corrected chi connectivity index (χ4v) is 10.3. The SMILES string of the molecule is Cc1ncsc1-c1ccc([C@H](C)NC(=O)[C@@H]2C[C@@H](O)CN2C(=O)[C@@H](c2cc(OCCN3C[C@@H]4[C@H](C3)[C@H]4c3[nH]c4nnc(-c5cc(F)cc(F)c5O)cc4c3C)no2)C(C)C)cc1. The van der Waals surface area contributed by atoms with Gasteiger partial charge in [0.05, 0.1) is 33.9 Å². The second-order valence-electron chi connectivity index (χ2n) is 17.2. The van der Waals surface area contributed by atoms with E-state index in [1.54, 1.807) is 23.5 Å². The van der Waals surface area contributed by atoms with Crippen LogP contribution in [0, 0.1) is 43.2 Å². The second-order valence-corrected chi connectivity index (χ2v) is 18.1. The molecule has 17 heteroatoms. The van der Waals surface area contributed by atoms with Crippen LogP contribution in [0.4, 0.5) is 8.78 Å². The van der Waals surface area contributed by atoms with E-state index in [0.717, 1.165) is 57.5 Å². The number of phenolic OH excluding ortho intramolecular Hbond substituents is 1. The summed E-state index contributed by atoms with van der Waals surface area (Å²) < 4.78 is 39.7. The number of aromatic nitrogens is 5. The molecule has 2 amide bonds. The van der Waals surface area contributed by atoms with E-state index in [9.17, 15) is 28.6 Å². The Morgan fingerprint density at radius 1 is 1.05 bits per heavy atom. The Hall–Kier alpha value is -5.78. The number of H-pyrrole nitrogens is 1. The number of hydrogen-bond donors (Lipinski definition) is 4. The minimum atomic E-state index is -1.06. The molecule has 2 saturated heterocycles. The molecule has 3 fully saturated rings. The van der Waals surface area contributed by atoms with Crippen LogP contribution in [0.1, 0.15) is 73.3 Å². The third-order valence-corrected chi connectivity index (χ3v) is 13.8. The molecule has 4 N–H and O–H groups in total. The van der Waals surface area contributed by atoms with Crippen LogP contribution in [0.2, 0.25) is 0 Å². The molecule has 0 unspecified atom stereocenters. The zero-order valence-electron chi connectivity index (χ0n) is 34.9. The molecular formula is C45H48F2N8O6S. The highest BCUT2D eigenvalue weighted by molar-refractivity contribution is 7.13. The summed E-state index contributed by atoms with van der Waals surface area (Å²) in [5.74, 6) is -2.34. The van der Waals surface area contributed by atoms with Gasteiger partial charge in [-0.15, -0.1) is 21.5 Å². The predicted octanol–water partition coefficient (Wildman–Crippen LogP) is 6.64. The number of aryl methyl sites for hydroxylation is 2. The number of β-amino-alcohol motifs (C(OH)–C–C–N with tert-alkyl or cyclic N) is 1. The molecule has 0 radical (unpaired) electrons. The summed E-state index contributed by atoms with van der Waals surface area (Å²) in [6, 6.07) is 11.8. The predicted molar refractivity (Wildman–Crippen MR) is 226 cm³/mol. The van der Waals surface area contributed by atoms with Crippen molar-refractivity contribution in [3.05, 3.63) is 94.0 Å². The van der Waals surface area contributed by atoms with Gasteiger partial charge in [-0.05, 0) is 72.5 Å². The van der Waals surface area contributed by atoms with Gasteiger partial charge in [0.1, 0.15) is 24.4 Å². The van der Waals surface area contributed by atoms with Gasteiger partial charge in [0.2, 0.25) is 11.8 Å². The van der Waals surface area contributed by atoms with Gasteiger partial charge in [-0.25, -0.2) is 13.8 Å². The number of carbonyl (C=O) groups is 2. The van der Waals surface area contributed by atoms with Gasteiger partial charge >= 0.3 is 0 Å². The molecule has 1 aliphatic carbocycles. The lowest BCUT2D eigenvalue weighted by atomic mass is 9.91. The van der Waals surface area contributed by atoms with E-state index < -0.39 is 35.4 Å². The van der Waals surface area contributed by atoms with Gasteiger partial charge < -0.3 is 34.7 Å². The van der Waals surface area contributed by atoms with Crippen molar-refractivity contribution in [3.63, 3.8) is 0 Å². The van der Waals surface area contributed by atoms with Gasteiger partial charge in [0.25, 0.3) is 5.88 Å².